The molecule has 1 saturated carbocycles. The van der Waals surface area contributed by atoms with Crippen molar-refractivity contribution in [3.8, 4) is 0 Å². The van der Waals surface area contributed by atoms with Crippen LogP contribution in [-0.4, -0.2) is 9.46 Å². The topological polar surface area (TPSA) is 17.1 Å². The molecule has 1 aliphatic carbocycles. The first-order valence-electron chi connectivity index (χ1n) is 6.24. The summed E-state index contributed by atoms with van der Waals surface area (Å²) in [6.45, 7) is 4.45. The molecule has 0 amide bonds. The van der Waals surface area contributed by atoms with Crippen LogP contribution in [0.5, 0.6) is 0 Å². The maximum Gasteiger partial charge on any atom is 0.139 e. The summed E-state index contributed by atoms with van der Waals surface area (Å²) in [5, 5.41) is 0.123. The third kappa shape index (κ3) is 2.76. The molecule has 1 nitrogen and oxygen atoms in total. The summed E-state index contributed by atoms with van der Waals surface area (Å²) < 4.78 is 25.9. The van der Waals surface area contributed by atoms with Crippen LogP contribution in [0.3, 0.4) is 0 Å². The molecule has 0 saturated heterocycles. The Morgan fingerprint density at radius 1 is 1.18 bits per heavy atom. The van der Waals surface area contributed by atoms with Crippen LogP contribution in [0.4, 0.5) is 4.39 Å². The Morgan fingerprint density at radius 3 is 2.53 bits per heavy atom. The van der Waals surface area contributed by atoms with Gasteiger partial charge in [0, 0.05) is 5.25 Å². The van der Waals surface area contributed by atoms with Crippen molar-refractivity contribution in [2.24, 2.45) is 11.8 Å². The van der Waals surface area contributed by atoms with E-state index in [-0.39, 0.29) is 11.1 Å². The van der Waals surface area contributed by atoms with Crippen molar-refractivity contribution in [2.75, 3.05) is 0 Å². The molecule has 3 heteroatoms. The number of hydrogen-bond donors (Lipinski definition) is 0. The lowest BCUT2D eigenvalue weighted by molar-refractivity contribution is 0.281. The van der Waals surface area contributed by atoms with Crippen LogP contribution in [0.25, 0.3) is 0 Å². The molecular formula is C14H19FOS. The number of benzene rings is 1. The fourth-order valence-electron chi connectivity index (χ4n) is 2.48. The summed E-state index contributed by atoms with van der Waals surface area (Å²) >= 11 is 0. The van der Waals surface area contributed by atoms with Crippen LogP contribution >= 0.6 is 0 Å². The quantitative estimate of drug-likeness (QED) is 0.785. The molecule has 0 aromatic heterocycles. The van der Waals surface area contributed by atoms with Gasteiger partial charge in [0.1, 0.15) is 5.82 Å². The van der Waals surface area contributed by atoms with Crippen LogP contribution in [0.15, 0.2) is 29.2 Å². The minimum absolute atomic E-state index is 0.123. The molecule has 0 heterocycles. The van der Waals surface area contributed by atoms with E-state index >= 15 is 0 Å². The maximum atomic E-state index is 13.6. The highest BCUT2D eigenvalue weighted by Gasteiger charge is 2.29. The highest BCUT2D eigenvalue weighted by atomic mass is 32.2. The van der Waals surface area contributed by atoms with Crippen LogP contribution < -0.4 is 0 Å². The predicted molar refractivity (Wildman–Crippen MR) is 68.8 cm³/mol. The van der Waals surface area contributed by atoms with E-state index in [0.29, 0.717) is 16.7 Å². The Morgan fingerprint density at radius 2 is 1.88 bits per heavy atom. The number of hydrogen-bond acceptors (Lipinski definition) is 1. The van der Waals surface area contributed by atoms with Gasteiger partial charge < -0.3 is 0 Å². The average molecular weight is 254 g/mol. The second-order valence-corrected chi connectivity index (χ2v) is 6.82. The summed E-state index contributed by atoms with van der Waals surface area (Å²) in [7, 11) is -1.19. The molecule has 0 bridgehead atoms. The fraction of sp³-hybridized carbons (Fsp3) is 0.571. The Bertz CT molecular complexity index is 418. The largest absolute Gasteiger partial charge is 0.254 e. The van der Waals surface area contributed by atoms with Crippen molar-refractivity contribution < 1.29 is 8.60 Å². The zero-order valence-electron chi connectivity index (χ0n) is 10.4. The minimum Gasteiger partial charge on any atom is -0.254 e. The lowest BCUT2D eigenvalue weighted by Crippen LogP contribution is -2.28. The molecular weight excluding hydrogens is 235 g/mol. The molecule has 1 aliphatic rings. The Balaban J connectivity index is 2.14. The van der Waals surface area contributed by atoms with Crippen molar-refractivity contribution >= 4 is 10.8 Å². The SMILES string of the molecule is CC1CCC(S(=O)c2ccccc2F)CC1C. The van der Waals surface area contributed by atoms with Gasteiger partial charge in [-0.1, -0.05) is 26.0 Å². The summed E-state index contributed by atoms with van der Waals surface area (Å²) in [5.74, 6) is 0.949. The molecule has 0 N–H and O–H groups in total. The summed E-state index contributed by atoms with van der Waals surface area (Å²) in [6, 6.07) is 6.43. The fourth-order valence-corrected chi connectivity index (χ4v) is 4.14. The van der Waals surface area contributed by atoms with E-state index in [0.717, 1.165) is 19.3 Å². The van der Waals surface area contributed by atoms with Crippen molar-refractivity contribution in [3.63, 3.8) is 0 Å². The van der Waals surface area contributed by atoms with Crippen molar-refractivity contribution in [2.45, 2.75) is 43.3 Å². The van der Waals surface area contributed by atoms with Gasteiger partial charge in [0.05, 0.1) is 15.7 Å². The Hall–Kier alpha value is -0.700. The standard InChI is InChI=1S/C14H19FOS/c1-10-7-8-12(9-11(10)2)17(16)14-6-4-3-5-13(14)15/h3-6,10-12H,7-9H2,1-2H3. The van der Waals surface area contributed by atoms with Gasteiger partial charge in [0.25, 0.3) is 0 Å². The second kappa shape index (κ2) is 5.30. The Labute approximate surface area is 105 Å². The van der Waals surface area contributed by atoms with E-state index in [2.05, 4.69) is 13.8 Å². The highest BCUT2D eigenvalue weighted by molar-refractivity contribution is 7.85. The molecule has 4 unspecified atom stereocenters. The van der Waals surface area contributed by atoms with Crippen LogP contribution in [0.2, 0.25) is 0 Å². The monoisotopic (exact) mass is 254 g/mol. The second-order valence-electron chi connectivity index (χ2n) is 5.12. The van der Waals surface area contributed by atoms with E-state index in [1.165, 1.54) is 6.07 Å². The van der Waals surface area contributed by atoms with E-state index in [1.54, 1.807) is 18.2 Å². The van der Waals surface area contributed by atoms with Gasteiger partial charge in [-0.05, 0) is 43.2 Å². The number of halogens is 1. The van der Waals surface area contributed by atoms with E-state index < -0.39 is 10.8 Å². The normalized spacial score (nSPS) is 31.1. The Kier molecular flexibility index (Phi) is 3.97. The number of rotatable bonds is 2. The van der Waals surface area contributed by atoms with E-state index in [1.807, 2.05) is 0 Å². The summed E-state index contributed by atoms with van der Waals surface area (Å²) in [4.78, 5) is 0.374. The van der Waals surface area contributed by atoms with Gasteiger partial charge in [-0.2, -0.15) is 0 Å². The highest BCUT2D eigenvalue weighted by Crippen LogP contribution is 2.34. The van der Waals surface area contributed by atoms with Gasteiger partial charge in [-0.25, -0.2) is 4.39 Å². The molecule has 1 aromatic rings. The molecule has 0 spiro atoms. The summed E-state index contributed by atoms with van der Waals surface area (Å²) in [6.07, 6.45) is 3.00. The zero-order valence-corrected chi connectivity index (χ0v) is 11.2. The van der Waals surface area contributed by atoms with Crippen LogP contribution in [0.1, 0.15) is 33.1 Å². The molecule has 1 fully saturated rings. The lowest BCUT2D eigenvalue weighted by atomic mass is 9.81. The van der Waals surface area contributed by atoms with Gasteiger partial charge in [-0.3, -0.25) is 4.21 Å². The summed E-state index contributed by atoms with van der Waals surface area (Å²) in [5.41, 5.74) is 0. The van der Waals surface area contributed by atoms with Gasteiger partial charge in [0.2, 0.25) is 0 Å². The lowest BCUT2D eigenvalue weighted by Gasteiger charge is -2.31. The molecule has 4 atom stereocenters. The van der Waals surface area contributed by atoms with E-state index in [9.17, 15) is 8.60 Å². The molecule has 0 radical (unpaired) electrons. The van der Waals surface area contributed by atoms with Crippen molar-refractivity contribution in [3.05, 3.63) is 30.1 Å². The minimum atomic E-state index is -1.19. The smallest absolute Gasteiger partial charge is 0.139 e. The van der Waals surface area contributed by atoms with Crippen LogP contribution in [0, 0.1) is 17.7 Å². The maximum absolute atomic E-state index is 13.6. The molecule has 1 aromatic carbocycles. The average Bonchev–Trinajstić information content (AvgIpc) is 2.32. The zero-order chi connectivity index (χ0) is 12.4. The third-order valence-electron chi connectivity index (χ3n) is 3.91. The molecule has 17 heavy (non-hydrogen) atoms. The molecule has 0 aliphatic heterocycles. The van der Waals surface area contributed by atoms with Gasteiger partial charge >= 0.3 is 0 Å². The van der Waals surface area contributed by atoms with Gasteiger partial charge in [0.15, 0.2) is 0 Å². The molecule has 2 rings (SSSR count). The first kappa shape index (κ1) is 12.7. The first-order chi connectivity index (χ1) is 8.09. The third-order valence-corrected chi connectivity index (χ3v) is 5.70. The molecule has 94 valence electrons. The van der Waals surface area contributed by atoms with Crippen molar-refractivity contribution in [1.29, 1.82) is 0 Å². The van der Waals surface area contributed by atoms with Crippen LogP contribution in [-0.2, 0) is 10.8 Å². The van der Waals surface area contributed by atoms with Gasteiger partial charge in [-0.15, -0.1) is 0 Å². The first-order valence-corrected chi connectivity index (χ1v) is 7.46. The van der Waals surface area contributed by atoms with E-state index in [4.69, 9.17) is 0 Å². The predicted octanol–water partition coefficient (Wildman–Crippen LogP) is 3.76. The van der Waals surface area contributed by atoms with Crippen molar-refractivity contribution in [1.82, 2.24) is 0 Å².